The molecule has 0 amide bonds. The van der Waals surface area contributed by atoms with Crippen LogP contribution in [-0.2, 0) is 6.54 Å². The van der Waals surface area contributed by atoms with Crippen molar-refractivity contribution >= 4 is 27.3 Å². The molecule has 0 aromatic carbocycles. The molecule has 0 aliphatic heterocycles. The maximum Gasteiger partial charge on any atom is 0.169 e. The molecule has 2 aromatic heterocycles. The third-order valence-electron chi connectivity index (χ3n) is 2.21. The Balaban J connectivity index is 2.07. The minimum absolute atomic E-state index is 0.475. The molecule has 1 N–H and O–H groups in total. The van der Waals surface area contributed by atoms with Crippen LogP contribution < -0.4 is 5.32 Å². The van der Waals surface area contributed by atoms with Crippen LogP contribution in [0, 0.1) is 0 Å². The lowest BCUT2D eigenvalue weighted by atomic mass is 10.3. The smallest absolute Gasteiger partial charge is 0.169 e. The van der Waals surface area contributed by atoms with E-state index < -0.39 is 0 Å². The van der Waals surface area contributed by atoms with Crippen LogP contribution >= 0.6 is 27.3 Å². The summed E-state index contributed by atoms with van der Waals surface area (Å²) in [5.41, 5.74) is 1.11. The van der Waals surface area contributed by atoms with Crippen molar-refractivity contribution < 1.29 is 0 Å². The number of thiophene rings is 1. The molecule has 0 atom stereocenters. The Labute approximate surface area is 113 Å². The first-order chi connectivity index (χ1) is 8.15. The largest absolute Gasteiger partial charge is 0.310 e. The van der Waals surface area contributed by atoms with Crippen LogP contribution in [0.3, 0.4) is 0 Å². The lowest BCUT2D eigenvalue weighted by molar-refractivity contribution is 0.587. The number of nitrogens with zero attached hydrogens (tertiary/aromatic N) is 2. The van der Waals surface area contributed by atoms with Gasteiger partial charge in [-0.05, 0) is 28.1 Å². The molecule has 0 radical (unpaired) electrons. The molecule has 0 fully saturated rings. The fraction of sp³-hybridized carbons (Fsp3) is 0.333. The summed E-state index contributed by atoms with van der Waals surface area (Å²) >= 11 is 5.08. The van der Waals surface area contributed by atoms with E-state index in [2.05, 4.69) is 45.1 Å². The van der Waals surface area contributed by atoms with Crippen LogP contribution in [0.4, 0.5) is 0 Å². The van der Waals surface area contributed by atoms with Gasteiger partial charge in [-0.1, -0.05) is 13.8 Å². The van der Waals surface area contributed by atoms with Crippen LogP contribution in [0.15, 0.2) is 28.3 Å². The van der Waals surface area contributed by atoms with Crippen molar-refractivity contribution in [3.05, 3.63) is 33.9 Å². The van der Waals surface area contributed by atoms with E-state index >= 15 is 0 Å². The second kappa shape index (κ2) is 5.71. The first-order valence-corrected chi connectivity index (χ1v) is 7.06. The highest BCUT2D eigenvalue weighted by Gasteiger charge is 2.04. The highest BCUT2D eigenvalue weighted by atomic mass is 79.9. The zero-order valence-electron chi connectivity index (χ0n) is 9.77. The number of nitrogens with one attached hydrogen (secondary N) is 1. The molecule has 2 rings (SSSR count). The van der Waals surface area contributed by atoms with Crippen LogP contribution in [0.25, 0.3) is 10.7 Å². The van der Waals surface area contributed by atoms with E-state index in [9.17, 15) is 0 Å². The molecule has 0 spiro atoms. The molecule has 0 bridgehead atoms. The zero-order valence-corrected chi connectivity index (χ0v) is 12.2. The van der Waals surface area contributed by atoms with Gasteiger partial charge in [-0.25, -0.2) is 9.97 Å². The topological polar surface area (TPSA) is 37.8 Å². The summed E-state index contributed by atoms with van der Waals surface area (Å²) in [6.45, 7) is 5.06. The average molecular weight is 312 g/mol. The molecule has 2 heterocycles. The van der Waals surface area contributed by atoms with Gasteiger partial charge in [0.1, 0.15) is 0 Å². The van der Waals surface area contributed by atoms with Gasteiger partial charge in [-0.15, -0.1) is 11.3 Å². The summed E-state index contributed by atoms with van der Waals surface area (Å²) < 4.78 is 1.10. The quantitative estimate of drug-likeness (QED) is 0.939. The van der Waals surface area contributed by atoms with Crippen molar-refractivity contribution in [2.45, 2.75) is 26.4 Å². The van der Waals surface area contributed by atoms with Gasteiger partial charge >= 0.3 is 0 Å². The van der Waals surface area contributed by atoms with E-state index in [-0.39, 0.29) is 0 Å². The van der Waals surface area contributed by atoms with Crippen LogP contribution in [-0.4, -0.2) is 16.0 Å². The highest BCUT2D eigenvalue weighted by Crippen LogP contribution is 2.28. The predicted octanol–water partition coefficient (Wildman–Crippen LogP) is 3.47. The summed E-state index contributed by atoms with van der Waals surface area (Å²) in [5.74, 6) is 0.786. The Bertz CT molecular complexity index is 479. The second-order valence-corrected chi connectivity index (χ2v) is 6.52. The van der Waals surface area contributed by atoms with E-state index in [0.29, 0.717) is 6.04 Å². The maximum atomic E-state index is 4.38. The highest BCUT2D eigenvalue weighted by molar-refractivity contribution is 9.11. The predicted molar refractivity (Wildman–Crippen MR) is 75.0 cm³/mol. The number of hydrogen-bond donors (Lipinski definition) is 1. The number of aromatic nitrogens is 2. The minimum atomic E-state index is 0.475. The standard InChI is InChI=1S/C12H14BrN3S/c1-8(2)14-5-9-6-15-12(16-7-9)10-3-4-11(13)17-10/h3-4,6-8,14H,5H2,1-2H3. The first-order valence-electron chi connectivity index (χ1n) is 5.45. The first kappa shape index (κ1) is 12.7. The molecule has 5 heteroatoms. The molecule has 3 nitrogen and oxygen atoms in total. The van der Waals surface area contributed by atoms with Gasteiger partial charge in [0.25, 0.3) is 0 Å². The fourth-order valence-electron chi connectivity index (χ4n) is 1.33. The number of rotatable bonds is 4. The third-order valence-corrected chi connectivity index (χ3v) is 3.83. The fourth-order valence-corrected chi connectivity index (χ4v) is 2.66. The Hall–Kier alpha value is -0.780. The van der Waals surface area contributed by atoms with Crippen molar-refractivity contribution in [3.63, 3.8) is 0 Å². The van der Waals surface area contributed by atoms with Gasteiger partial charge in [-0.2, -0.15) is 0 Å². The Morgan fingerprint density at radius 3 is 2.53 bits per heavy atom. The molecular weight excluding hydrogens is 298 g/mol. The zero-order chi connectivity index (χ0) is 12.3. The van der Waals surface area contributed by atoms with Crippen LogP contribution in [0.2, 0.25) is 0 Å². The van der Waals surface area contributed by atoms with Crippen LogP contribution in [0.5, 0.6) is 0 Å². The Morgan fingerprint density at radius 1 is 1.29 bits per heavy atom. The third kappa shape index (κ3) is 3.59. The molecule has 0 aliphatic rings. The number of halogens is 1. The van der Waals surface area contributed by atoms with Crippen molar-refractivity contribution in [3.8, 4) is 10.7 Å². The van der Waals surface area contributed by atoms with E-state index in [1.165, 1.54) is 0 Å². The van der Waals surface area contributed by atoms with E-state index in [1.807, 2.05) is 24.5 Å². The lowest BCUT2D eigenvalue weighted by Crippen LogP contribution is -2.21. The van der Waals surface area contributed by atoms with Gasteiger partial charge in [-0.3, -0.25) is 0 Å². The summed E-state index contributed by atoms with van der Waals surface area (Å²) in [5, 5.41) is 3.34. The molecule has 0 saturated heterocycles. The molecular formula is C12H14BrN3S. The molecule has 2 aromatic rings. The maximum absolute atomic E-state index is 4.38. The summed E-state index contributed by atoms with van der Waals surface area (Å²) in [6, 6.07) is 4.51. The SMILES string of the molecule is CC(C)NCc1cnc(-c2ccc(Br)s2)nc1. The van der Waals surface area contributed by atoms with Crippen molar-refractivity contribution in [1.82, 2.24) is 15.3 Å². The Morgan fingerprint density at radius 2 is 2.00 bits per heavy atom. The van der Waals surface area contributed by atoms with E-state index in [1.54, 1.807) is 11.3 Å². The van der Waals surface area contributed by atoms with Gasteiger partial charge < -0.3 is 5.32 Å². The lowest BCUT2D eigenvalue weighted by Gasteiger charge is -2.07. The molecule has 0 saturated carbocycles. The monoisotopic (exact) mass is 311 g/mol. The van der Waals surface area contributed by atoms with E-state index in [4.69, 9.17) is 0 Å². The van der Waals surface area contributed by atoms with Crippen LogP contribution in [0.1, 0.15) is 19.4 Å². The van der Waals surface area contributed by atoms with Crippen molar-refractivity contribution in [1.29, 1.82) is 0 Å². The minimum Gasteiger partial charge on any atom is -0.310 e. The molecule has 17 heavy (non-hydrogen) atoms. The van der Waals surface area contributed by atoms with Crippen molar-refractivity contribution in [2.75, 3.05) is 0 Å². The molecule has 0 aliphatic carbocycles. The van der Waals surface area contributed by atoms with Gasteiger partial charge in [0.05, 0.1) is 8.66 Å². The summed E-state index contributed by atoms with van der Waals surface area (Å²) in [6.07, 6.45) is 3.76. The van der Waals surface area contributed by atoms with Crippen molar-refractivity contribution in [2.24, 2.45) is 0 Å². The van der Waals surface area contributed by atoms with E-state index in [0.717, 1.165) is 26.6 Å². The molecule has 0 unspecified atom stereocenters. The Kier molecular flexibility index (Phi) is 4.25. The average Bonchev–Trinajstić information content (AvgIpc) is 2.74. The number of hydrogen-bond acceptors (Lipinski definition) is 4. The van der Waals surface area contributed by atoms with Gasteiger partial charge in [0.2, 0.25) is 0 Å². The van der Waals surface area contributed by atoms with Gasteiger partial charge in [0, 0.05) is 30.5 Å². The second-order valence-electron chi connectivity index (χ2n) is 4.05. The normalized spacial score (nSPS) is 11.1. The summed E-state index contributed by atoms with van der Waals surface area (Å²) in [4.78, 5) is 9.84. The van der Waals surface area contributed by atoms with Gasteiger partial charge in [0.15, 0.2) is 5.82 Å². The summed E-state index contributed by atoms with van der Waals surface area (Å²) in [7, 11) is 0. The molecule has 90 valence electrons.